The second kappa shape index (κ2) is 10.7. The predicted molar refractivity (Wildman–Crippen MR) is 132 cm³/mol. The van der Waals surface area contributed by atoms with Gasteiger partial charge >= 0.3 is 0 Å². The molecule has 3 aromatic rings. The molecule has 1 aromatic carbocycles. The Hall–Kier alpha value is -4.32. The monoisotopic (exact) mass is 472 g/mol. The van der Waals surface area contributed by atoms with E-state index in [-0.39, 0.29) is 23.3 Å². The summed E-state index contributed by atoms with van der Waals surface area (Å²) in [4.78, 5) is 30.4. The van der Waals surface area contributed by atoms with Crippen molar-refractivity contribution >= 4 is 17.6 Å². The number of pyridine rings is 1. The molecule has 0 bridgehead atoms. The van der Waals surface area contributed by atoms with E-state index < -0.39 is 5.91 Å². The molecule has 1 aliphatic heterocycles. The Balaban J connectivity index is 1.55. The second-order valence-electron chi connectivity index (χ2n) is 8.32. The van der Waals surface area contributed by atoms with E-state index in [1.54, 1.807) is 40.9 Å². The first-order valence-electron chi connectivity index (χ1n) is 11.6. The fourth-order valence-electron chi connectivity index (χ4n) is 4.31. The quantitative estimate of drug-likeness (QED) is 0.548. The van der Waals surface area contributed by atoms with Crippen molar-refractivity contribution in [3.05, 3.63) is 54.2 Å². The topological polar surface area (TPSA) is 129 Å². The summed E-state index contributed by atoms with van der Waals surface area (Å²) >= 11 is 0. The van der Waals surface area contributed by atoms with Crippen LogP contribution in [0.3, 0.4) is 0 Å². The molecule has 0 spiro atoms. The van der Waals surface area contributed by atoms with Gasteiger partial charge in [0, 0.05) is 30.9 Å². The lowest BCUT2D eigenvalue weighted by Crippen LogP contribution is -2.34. The zero-order chi connectivity index (χ0) is 24.8. The molecule has 0 radical (unpaired) electrons. The maximum absolute atomic E-state index is 12.3. The molecule has 180 valence electrons. The van der Waals surface area contributed by atoms with Crippen molar-refractivity contribution in [3.8, 4) is 34.7 Å². The van der Waals surface area contributed by atoms with Crippen LogP contribution in [-0.4, -0.2) is 44.6 Å². The molecule has 9 heteroatoms. The summed E-state index contributed by atoms with van der Waals surface area (Å²) in [5.74, 6) is 5.86. The number of ether oxygens (including phenoxy) is 1. The number of anilines is 1. The van der Waals surface area contributed by atoms with Crippen LogP contribution < -0.4 is 16.2 Å². The van der Waals surface area contributed by atoms with E-state index in [1.807, 2.05) is 24.3 Å². The lowest BCUT2D eigenvalue weighted by atomic mass is 10.0. The van der Waals surface area contributed by atoms with Crippen molar-refractivity contribution in [2.24, 2.45) is 5.73 Å². The fourth-order valence-corrected chi connectivity index (χ4v) is 4.31. The highest BCUT2D eigenvalue weighted by Crippen LogP contribution is 2.33. The third-order valence-electron chi connectivity index (χ3n) is 5.98. The minimum Gasteiger partial charge on any atom is -0.439 e. The number of hydrogen-bond donors (Lipinski definition) is 2. The van der Waals surface area contributed by atoms with Crippen LogP contribution in [0.15, 0.2) is 48.7 Å². The molecule has 2 amide bonds. The molecule has 1 fully saturated rings. The van der Waals surface area contributed by atoms with Crippen molar-refractivity contribution in [1.82, 2.24) is 19.7 Å². The summed E-state index contributed by atoms with van der Waals surface area (Å²) in [6.07, 6.45) is 4.75. The minimum atomic E-state index is -0.627. The molecule has 4 N–H and O–H groups in total. The molecule has 0 aliphatic carbocycles. The predicted octanol–water partition coefficient (Wildman–Crippen LogP) is 3.39. The summed E-state index contributed by atoms with van der Waals surface area (Å²) in [5, 5.41) is 4.73. The first-order chi connectivity index (χ1) is 17.0. The summed E-state index contributed by atoms with van der Waals surface area (Å²) in [6.45, 7) is 2.91. The van der Waals surface area contributed by atoms with Crippen LogP contribution in [0.1, 0.15) is 49.0 Å². The highest BCUT2D eigenvalue weighted by atomic mass is 16.5. The van der Waals surface area contributed by atoms with E-state index in [4.69, 9.17) is 21.3 Å². The number of carbonyl (C=O) groups excluding carboxylic acids is 2. The van der Waals surface area contributed by atoms with Gasteiger partial charge in [0.1, 0.15) is 22.8 Å². The van der Waals surface area contributed by atoms with Crippen LogP contribution in [0, 0.1) is 11.8 Å². The van der Waals surface area contributed by atoms with Gasteiger partial charge in [0.15, 0.2) is 0 Å². The number of nitrogens with two attached hydrogens (primary N) is 2. The third kappa shape index (κ3) is 5.44. The number of primary amides is 1. The van der Waals surface area contributed by atoms with Gasteiger partial charge in [-0.1, -0.05) is 12.0 Å². The average Bonchev–Trinajstić information content (AvgIpc) is 3.17. The number of amides is 2. The highest BCUT2D eigenvalue weighted by Gasteiger charge is 2.27. The van der Waals surface area contributed by atoms with Crippen molar-refractivity contribution in [3.63, 3.8) is 0 Å². The zero-order valence-corrected chi connectivity index (χ0v) is 19.6. The fraction of sp³-hybridized carbons (Fsp3) is 0.308. The number of aromatic nitrogens is 3. The second-order valence-corrected chi connectivity index (χ2v) is 8.32. The molecule has 0 unspecified atom stereocenters. The molecule has 35 heavy (non-hydrogen) atoms. The highest BCUT2D eigenvalue weighted by molar-refractivity contribution is 6.03. The first-order valence-corrected chi connectivity index (χ1v) is 11.6. The van der Waals surface area contributed by atoms with E-state index in [2.05, 4.69) is 16.8 Å². The van der Waals surface area contributed by atoms with Gasteiger partial charge in [-0.3, -0.25) is 9.59 Å². The molecule has 3 heterocycles. The smallest absolute Gasteiger partial charge is 0.298 e. The molecule has 4 rings (SSSR count). The molecule has 9 nitrogen and oxygen atoms in total. The van der Waals surface area contributed by atoms with Crippen LogP contribution in [0.2, 0.25) is 0 Å². The number of nitrogen functional groups attached to an aromatic ring is 1. The zero-order valence-electron chi connectivity index (χ0n) is 19.6. The molecule has 1 saturated heterocycles. The summed E-state index contributed by atoms with van der Waals surface area (Å²) in [6, 6.07) is 12.6. The van der Waals surface area contributed by atoms with Crippen LogP contribution in [0.4, 0.5) is 5.82 Å². The largest absolute Gasteiger partial charge is 0.439 e. The maximum atomic E-state index is 12.3. The van der Waals surface area contributed by atoms with Crippen molar-refractivity contribution in [1.29, 1.82) is 0 Å². The lowest BCUT2D eigenvalue weighted by Gasteiger charge is -2.27. The van der Waals surface area contributed by atoms with Gasteiger partial charge in [-0.05, 0) is 68.9 Å². The molecule has 1 aliphatic rings. The molecular weight excluding hydrogens is 444 g/mol. The summed E-state index contributed by atoms with van der Waals surface area (Å²) in [5.41, 5.74) is 13.5. The molecule has 2 aromatic heterocycles. The minimum absolute atomic E-state index is 0.00289. The Morgan fingerprint density at radius 2 is 1.80 bits per heavy atom. The van der Waals surface area contributed by atoms with Crippen molar-refractivity contribution < 1.29 is 14.3 Å². The van der Waals surface area contributed by atoms with Crippen LogP contribution >= 0.6 is 0 Å². The van der Waals surface area contributed by atoms with Gasteiger partial charge in [-0.25, -0.2) is 9.67 Å². The number of rotatable bonds is 5. The van der Waals surface area contributed by atoms with Gasteiger partial charge in [0.05, 0.1) is 6.04 Å². The van der Waals surface area contributed by atoms with E-state index in [0.29, 0.717) is 36.0 Å². The van der Waals surface area contributed by atoms with E-state index >= 15 is 0 Å². The van der Waals surface area contributed by atoms with Gasteiger partial charge in [-0.15, -0.1) is 0 Å². The molecule has 0 saturated carbocycles. The van der Waals surface area contributed by atoms with E-state index in [9.17, 15) is 9.59 Å². The third-order valence-corrected chi connectivity index (χ3v) is 5.98. The van der Waals surface area contributed by atoms with Crippen LogP contribution in [0.25, 0.3) is 11.3 Å². The Bertz CT molecular complexity index is 1250. The van der Waals surface area contributed by atoms with Gasteiger partial charge in [-0.2, -0.15) is 5.10 Å². The Labute approximate surface area is 204 Å². The van der Waals surface area contributed by atoms with Gasteiger partial charge < -0.3 is 21.1 Å². The number of nitrogens with zero attached hydrogens (tertiary/aromatic N) is 4. The van der Waals surface area contributed by atoms with Crippen LogP contribution in [0.5, 0.6) is 11.6 Å². The normalized spacial score (nSPS) is 14.4. The Kier molecular flexibility index (Phi) is 7.31. The van der Waals surface area contributed by atoms with Crippen LogP contribution in [-0.2, 0) is 4.79 Å². The van der Waals surface area contributed by atoms with Gasteiger partial charge in [0.2, 0.25) is 5.88 Å². The maximum Gasteiger partial charge on any atom is 0.298 e. The Morgan fingerprint density at radius 1 is 1.09 bits per heavy atom. The molecule has 0 atom stereocenters. The lowest BCUT2D eigenvalue weighted by molar-refractivity contribution is -0.125. The molecular formula is C26H28N6O3. The first kappa shape index (κ1) is 23.8. The summed E-state index contributed by atoms with van der Waals surface area (Å²) in [7, 11) is 0. The summed E-state index contributed by atoms with van der Waals surface area (Å²) < 4.78 is 7.47. The van der Waals surface area contributed by atoms with E-state index in [0.717, 1.165) is 25.7 Å². The Morgan fingerprint density at radius 3 is 2.40 bits per heavy atom. The number of likely N-dealkylation sites (tertiary alicyclic amines) is 1. The van der Waals surface area contributed by atoms with Gasteiger partial charge in [0.25, 0.3) is 11.8 Å². The standard InChI is InChI=1S/C26H28N6O3/c1-2-7-22(33)31-16-5-8-19(9-6-17-31)32-25(27)23(26(28)34)24(30-32)18-11-13-20(14-12-18)35-21-10-3-4-15-29-21/h3-4,10-15,19H,5-6,8-9,16-17,27H2,1H3,(H2,28,34). The number of hydrogen-bond acceptors (Lipinski definition) is 6. The van der Waals surface area contributed by atoms with Crippen molar-refractivity contribution in [2.75, 3.05) is 18.8 Å². The number of benzene rings is 1. The average molecular weight is 473 g/mol. The van der Waals surface area contributed by atoms with E-state index in [1.165, 1.54) is 0 Å². The van der Waals surface area contributed by atoms with Crippen molar-refractivity contribution in [2.45, 2.75) is 38.6 Å². The number of carbonyl (C=O) groups is 2. The SMILES string of the molecule is CC#CC(=O)N1CCCC(n2nc(-c3ccc(Oc4ccccn4)cc3)c(C(N)=O)c2N)CCC1.